The van der Waals surface area contributed by atoms with Crippen LogP contribution in [0.2, 0.25) is 0 Å². The Balaban J connectivity index is 0.00000176. The number of carboxylic acids is 1. The van der Waals surface area contributed by atoms with Crippen molar-refractivity contribution >= 4 is 35.3 Å². The SMILES string of the molecule is Cl.O=C(O)C1CCN(C(=O)CCc2cc3ccccc3o2)C1. The molecule has 1 amide bonds. The van der Waals surface area contributed by atoms with Gasteiger partial charge in [-0.1, -0.05) is 18.2 Å². The second-order valence-corrected chi connectivity index (χ2v) is 5.41. The van der Waals surface area contributed by atoms with E-state index in [1.165, 1.54) is 0 Å². The molecule has 0 aliphatic carbocycles. The van der Waals surface area contributed by atoms with Crippen molar-refractivity contribution in [3.05, 3.63) is 36.1 Å². The molecule has 0 saturated carbocycles. The van der Waals surface area contributed by atoms with Crippen LogP contribution in [0.4, 0.5) is 0 Å². The predicted molar refractivity (Wildman–Crippen MR) is 84.1 cm³/mol. The van der Waals surface area contributed by atoms with E-state index >= 15 is 0 Å². The van der Waals surface area contributed by atoms with Crippen LogP contribution in [0.5, 0.6) is 0 Å². The molecular weight excluding hydrogens is 306 g/mol. The van der Waals surface area contributed by atoms with Crippen LogP contribution in [-0.4, -0.2) is 35.0 Å². The highest BCUT2D eigenvalue weighted by Crippen LogP contribution is 2.21. The maximum atomic E-state index is 12.1. The smallest absolute Gasteiger partial charge is 0.308 e. The molecule has 1 aliphatic rings. The van der Waals surface area contributed by atoms with Crippen LogP contribution in [-0.2, 0) is 16.0 Å². The van der Waals surface area contributed by atoms with Crippen LogP contribution in [0.25, 0.3) is 11.0 Å². The Morgan fingerprint density at radius 3 is 2.77 bits per heavy atom. The number of aliphatic carboxylic acids is 1. The van der Waals surface area contributed by atoms with Gasteiger partial charge in [0.05, 0.1) is 5.92 Å². The summed E-state index contributed by atoms with van der Waals surface area (Å²) in [6.45, 7) is 0.865. The molecule has 1 atom stereocenters. The fourth-order valence-corrected chi connectivity index (χ4v) is 2.74. The minimum absolute atomic E-state index is 0. The summed E-state index contributed by atoms with van der Waals surface area (Å²) in [6.07, 6.45) is 1.44. The van der Waals surface area contributed by atoms with E-state index in [4.69, 9.17) is 9.52 Å². The highest BCUT2D eigenvalue weighted by atomic mass is 35.5. The molecule has 0 bridgehead atoms. The van der Waals surface area contributed by atoms with Gasteiger partial charge in [-0.25, -0.2) is 0 Å². The van der Waals surface area contributed by atoms with Gasteiger partial charge in [-0.3, -0.25) is 9.59 Å². The Hall–Kier alpha value is -2.01. The van der Waals surface area contributed by atoms with Crippen molar-refractivity contribution in [3.63, 3.8) is 0 Å². The number of nitrogens with zero attached hydrogens (tertiary/aromatic N) is 1. The maximum absolute atomic E-state index is 12.1. The number of amides is 1. The number of aryl methyl sites for hydroxylation is 1. The molecule has 0 spiro atoms. The van der Waals surface area contributed by atoms with Crippen LogP contribution in [0.3, 0.4) is 0 Å². The zero-order valence-corrected chi connectivity index (χ0v) is 12.8. The van der Waals surface area contributed by atoms with E-state index in [1.807, 2.05) is 30.3 Å². The van der Waals surface area contributed by atoms with Crippen molar-refractivity contribution in [2.24, 2.45) is 5.92 Å². The number of rotatable bonds is 4. The topological polar surface area (TPSA) is 70.8 Å². The van der Waals surface area contributed by atoms with Crippen LogP contribution in [0.1, 0.15) is 18.6 Å². The van der Waals surface area contributed by atoms with Gasteiger partial charge in [0.15, 0.2) is 0 Å². The van der Waals surface area contributed by atoms with Gasteiger partial charge < -0.3 is 14.4 Å². The third-order valence-corrected chi connectivity index (χ3v) is 3.95. The van der Waals surface area contributed by atoms with Crippen LogP contribution in [0, 0.1) is 5.92 Å². The zero-order valence-electron chi connectivity index (χ0n) is 12.0. The average Bonchev–Trinajstić information content (AvgIpc) is 3.11. The van der Waals surface area contributed by atoms with Crippen molar-refractivity contribution in [1.82, 2.24) is 4.90 Å². The van der Waals surface area contributed by atoms with Crippen LogP contribution >= 0.6 is 12.4 Å². The van der Waals surface area contributed by atoms with Crippen molar-refractivity contribution in [2.45, 2.75) is 19.3 Å². The Morgan fingerprint density at radius 1 is 1.32 bits per heavy atom. The lowest BCUT2D eigenvalue weighted by atomic mass is 10.1. The van der Waals surface area contributed by atoms with Gasteiger partial charge in [-0.15, -0.1) is 12.4 Å². The van der Waals surface area contributed by atoms with E-state index in [2.05, 4.69) is 0 Å². The monoisotopic (exact) mass is 323 g/mol. The van der Waals surface area contributed by atoms with Crippen molar-refractivity contribution in [1.29, 1.82) is 0 Å². The normalized spacial score (nSPS) is 17.5. The summed E-state index contributed by atoms with van der Waals surface area (Å²) in [7, 11) is 0. The largest absolute Gasteiger partial charge is 0.481 e. The summed E-state index contributed by atoms with van der Waals surface area (Å²) in [5, 5.41) is 9.98. The number of para-hydroxylation sites is 1. The molecule has 1 aromatic heterocycles. The third-order valence-electron chi connectivity index (χ3n) is 3.95. The van der Waals surface area contributed by atoms with E-state index < -0.39 is 11.9 Å². The molecule has 1 aliphatic heterocycles. The lowest BCUT2D eigenvalue weighted by Gasteiger charge is -2.15. The van der Waals surface area contributed by atoms with Crippen molar-refractivity contribution in [2.75, 3.05) is 13.1 Å². The first-order valence-electron chi connectivity index (χ1n) is 7.11. The van der Waals surface area contributed by atoms with E-state index in [9.17, 15) is 9.59 Å². The Bertz CT molecular complexity index is 649. The summed E-state index contributed by atoms with van der Waals surface area (Å²) in [4.78, 5) is 24.6. The number of likely N-dealkylation sites (tertiary alicyclic amines) is 1. The van der Waals surface area contributed by atoms with Gasteiger partial charge >= 0.3 is 5.97 Å². The van der Waals surface area contributed by atoms with Crippen molar-refractivity contribution in [3.8, 4) is 0 Å². The molecule has 22 heavy (non-hydrogen) atoms. The standard InChI is InChI=1S/C16H17NO4.ClH/c18-15(17-8-7-12(10-17)16(19)20)6-5-13-9-11-3-1-2-4-14(11)21-13;/h1-4,9,12H,5-8,10H2,(H,19,20);1H. The quantitative estimate of drug-likeness (QED) is 0.939. The van der Waals surface area contributed by atoms with Gasteiger partial charge in [0.1, 0.15) is 11.3 Å². The summed E-state index contributed by atoms with van der Waals surface area (Å²) in [5.74, 6) is -0.444. The average molecular weight is 324 g/mol. The molecule has 2 aromatic rings. The van der Waals surface area contributed by atoms with Crippen LogP contribution < -0.4 is 0 Å². The van der Waals surface area contributed by atoms with Crippen LogP contribution in [0.15, 0.2) is 34.7 Å². The lowest BCUT2D eigenvalue weighted by Crippen LogP contribution is -2.30. The molecule has 1 saturated heterocycles. The molecular formula is C16H18ClNO4. The third kappa shape index (κ3) is 3.42. The van der Waals surface area contributed by atoms with E-state index in [1.54, 1.807) is 4.90 Å². The van der Waals surface area contributed by atoms with E-state index in [0.29, 0.717) is 32.4 Å². The number of carbonyl (C=O) groups is 2. The summed E-state index contributed by atoms with van der Waals surface area (Å²) in [5.41, 5.74) is 0.826. The molecule has 1 aromatic carbocycles. The zero-order chi connectivity index (χ0) is 14.8. The minimum atomic E-state index is -0.817. The number of halogens is 1. The first-order valence-corrected chi connectivity index (χ1v) is 7.11. The number of furan rings is 1. The number of benzene rings is 1. The number of carbonyl (C=O) groups excluding carboxylic acids is 1. The molecule has 1 N–H and O–H groups in total. The second kappa shape index (κ2) is 6.83. The number of hydrogen-bond donors (Lipinski definition) is 1. The molecule has 3 rings (SSSR count). The predicted octanol–water partition coefficient (Wildman–Crippen LogP) is 2.72. The van der Waals surface area contributed by atoms with Gasteiger partial charge in [-0.2, -0.15) is 0 Å². The lowest BCUT2D eigenvalue weighted by molar-refractivity contribution is -0.141. The Kier molecular flexibility index (Phi) is 5.08. The molecule has 6 heteroatoms. The number of carboxylic acid groups (broad SMARTS) is 1. The maximum Gasteiger partial charge on any atom is 0.308 e. The molecule has 1 fully saturated rings. The summed E-state index contributed by atoms with van der Waals surface area (Å²) >= 11 is 0. The van der Waals surface area contributed by atoms with Gasteiger partial charge in [0.2, 0.25) is 5.91 Å². The highest BCUT2D eigenvalue weighted by Gasteiger charge is 2.30. The second-order valence-electron chi connectivity index (χ2n) is 5.41. The fourth-order valence-electron chi connectivity index (χ4n) is 2.74. The highest BCUT2D eigenvalue weighted by molar-refractivity contribution is 5.85. The fraction of sp³-hybridized carbons (Fsp3) is 0.375. The minimum Gasteiger partial charge on any atom is -0.481 e. The molecule has 1 unspecified atom stereocenters. The molecule has 2 heterocycles. The van der Waals surface area contributed by atoms with Gasteiger partial charge in [0, 0.05) is 31.3 Å². The Labute approximate surface area is 134 Å². The number of fused-ring (bicyclic) bond motifs is 1. The van der Waals surface area contributed by atoms with Gasteiger partial charge in [0.25, 0.3) is 0 Å². The molecule has 118 valence electrons. The summed E-state index contributed by atoms with van der Waals surface area (Å²) < 4.78 is 5.68. The van der Waals surface area contributed by atoms with Gasteiger partial charge in [-0.05, 0) is 18.6 Å². The number of hydrogen-bond acceptors (Lipinski definition) is 3. The van der Waals surface area contributed by atoms with Crippen molar-refractivity contribution < 1.29 is 19.1 Å². The molecule has 0 radical (unpaired) electrons. The first-order chi connectivity index (χ1) is 10.1. The first kappa shape index (κ1) is 16.4. The molecule has 5 nitrogen and oxygen atoms in total. The van der Waals surface area contributed by atoms with E-state index in [0.717, 1.165) is 16.7 Å². The Morgan fingerprint density at radius 2 is 2.09 bits per heavy atom. The summed E-state index contributed by atoms with van der Waals surface area (Å²) in [6, 6.07) is 9.69. The van der Waals surface area contributed by atoms with E-state index in [-0.39, 0.29) is 18.3 Å².